The van der Waals surface area contributed by atoms with Crippen molar-refractivity contribution in [3.63, 3.8) is 0 Å². The lowest BCUT2D eigenvalue weighted by molar-refractivity contribution is -0.386. The van der Waals surface area contributed by atoms with Crippen LogP contribution in [-0.2, 0) is 6.42 Å². The molecule has 0 radical (unpaired) electrons. The largest absolute Gasteiger partial charge is 0.502 e. The quantitative estimate of drug-likeness (QED) is 0.660. The SMILES string of the molecule is Cc1cc(Cc2ccc(O)c([N+](=O)[O-])c2)cc([N+](=O)[O-])c1O. The minimum atomic E-state index is -0.705. The third-order valence-electron chi connectivity index (χ3n) is 3.18. The van der Waals surface area contributed by atoms with Crippen LogP contribution in [0.4, 0.5) is 11.4 Å². The summed E-state index contributed by atoms with van der Waals surface area (Å²) in [5.41, 5.74) is 0.550. The first-order valence-electron chi connectivity index (χ1n) is 6.22. The third kappa shape index (κ3) is 2.95. The molecular formula is C14H12N2O6. The number of nitro benzene ring substituents is 2. The van der Waals surface area contributed by atoms with Gasteiger partial charge < -0.3 is 10.2 Å². The minimum Gasteiger partial charge on any atom is -0.502 e. The lowest BCUT2D eigenvalue weighted by Crippen LogP contribution is -1.96. The van der Waals surface area contributed by atoms with Gasteiger partial charge in [0.2, 0.25) is 0 Å². The van der Waals surface area contributed by atoms with Gasteiger partial charge >= 0.3 is 11.4 Å². The van der Waals surface area contributed by atoms with Gasteiger partial charge in [-0.3, -0.25) is 20.2 Å². The second-order valence-electron chi connectivity index (χ2n) is 4.79. The molecule has 0 heterocycles. The average molecular weight is 304 g/mol. The molecule has 0 saturated carbocycles. The van der Waals surface area contributed by atoms with Crippen LogP contribution in [0, 0.1) is 27.2 Å². The number of aryl methyl sites for hydroxylation is 1. The molecule has 2 aromatic rings. The third-order valence-corrected chi connectivity index (χ3v) is 3.18. The second-order valence-corrected chi connectivity index (χ2v) is 4.79. The Balaban J connectivity index is 2.41. The zero-order valence-electron chi connectivity index (χ0n) is 11.5. The molecule has 114 valence electrons. The van der Waals surface area contributed by atoms with Crippen molar-refractivity contribution in [2.75, 3.05) is 0 Å². The predicted octanol–water partition coefficient (Wildman–Crippen LogP) is 2.81. The van der Waals surface area contributed by atoms with E-state index in [0.717, 1.165) is 0 Å². The first-order chi connectivity index (χ1) is 10.3. The number of benzene rings is 2. The number of nitrogens with zero attached hydrogens (tertiary/aromatic N) is 2. The summed E-state index contributed by atoms with van der Waals surface area (Å²) in [6.07, 6.45) is 0.198. The summed E-state index contributed by atoms with van der Waals surface area (Å²) in [5.74, 6) is -0.841. The smallest absolute Gasteiger partial charge is 0.311 e. The highest BCUT2D eigenvalue weighted by Crippen LogP contribution is 2.32. The molecule has 0 saturated heterocycles. The molecule has 2 N–H and O–H groups in total. The summed E-state index contributed by atoms with van der Waals surface area (Å²) in [6.45, 7) is 1.53. The molecule has 2 rings (SSSR count). The van der Waals surface area contributed by atoms with Crippen molar-refractivity contribution in [2.45, 2.75) is 13.3 Å². The van der Waals surface area contributed by atoms with Crippen LogP contribution in [0.25, 0.3) is 0 Å². The summed E-state index contributed by atoms with van der Waals surface area (Å²) in [7, 11) is 0. The van der Waals surface area contributed by atoms with Gasteiger partial charge in [-0.05, 0) is 36.1 Å². The van der Waals surface area contributed by atoms with Crippen LogP contribution in [0.1, 0.15) is 16.7 Å². The van der Waals surface area contributed by atoms with Gasteiger partial charge in [0, 0.05) is 12.1 Å². The number of aromatic hydroxyl groups is 2. The fourth-order valence-electron chi connectivity index (χ4n) is 2.14. The number of hydrogen-bond acceptors (Lipinski definition) is 6. The van der Waals surface area contributed by atoms with Crippen molar-refractivity contribution in [3.8, 4) is 11.5 Å². The Morgan fingerprint density at radius 3 is 2.14 bits per heavy atom. The molecule has 0 aromatic heterocycles. The lowest BCUT2D eigenvalue weighted by atomic mass is 10.0. The highest BCUT2D eigenvalue weighted by Gasteiger charge is 2.18. The standard InChI is InChI=1S/C14H12N2O6/c1-8-4-10(7-12(14(8)18)16(21)22)5-9-2-3-13(17)11(6-9)15(19)20/h2-4,6-7,17-18H,5H2,1H3. The first kappa shape index (κ1) is 15.2. The summed E-state index contributed by atoms with van der Waals surface area (Å²) in [4.78, 5) is 20.3. The molecule has 0 amide bonds. The number of phenolic OH excluding ortho intramolecular Hbond substituents is 2. The number of nitro groups is 2. The summed E-state index contributed by atoms with van der Waals surface area (Å²) in [6, 6.07) is 6.71. The van der Waals surface area contributed by atoms with Crippen LogP contribution in [0.2, 0.25) is 0 Å². The fraction of sp³-hybridized carbons (Fsp3) is 0.143. The highest BCUT2D eigenvalue weighted by atomic mass is 16.6. The zero-order chi connectivity index (χ0) is 16.4. The average Bonchev–Trinajstić information content (AvgIpc) is 2.44. The van der Waals surface area contributed by atoms with Gasteiger partial charge in [-0.1, -0.05) is 12.1 Å². The van der Waals surface area contributed by atoms with E-state index in [1.165, 1.54) is 31.2 Å². The molecule has 2 aromatic carbocycles. The second kappa shape index (κ2) is 5.68. The fourth-order valence-corrected chi connectivity index (χ4v) is 2.14. The topological polar surface area (TPSA) is 127 Å². The van der Waals surface area contributed by atoms with Crippen molar-refractivity contribution < 1.29 is 20.1 Å². The Bertz CT molecular complexity index is 772. The number of hydrogen-bond donors (Lipinski definition) is 2. The Morgan fingerprint density at radius 1 is 0.955 bits per heavy atom. The van der Waals surface area contributed by atoms with Crippen LogP contribution in [0.15, 0.2) is 30.3 Å². The van der Waals surface area contributed by atoms with Crippen LogP contribution in [-0.4, -0.2) is 20.1 Å². The van der Waals surface area contributed by atoms with E-state index in [-0.39, 0.29) is 6.42 Å². The van der Waals surface area contributed by atoms with Crippen molar-refractivity contribution in [3.05, 3.63) is 67.3 Å². The van der Waals surface area contributed by atoms with E-state index >= 15 is 0 Å². The minimum absolute atomic E-state index is 0.198. The summed E-state index contributed by atoms with van der Waals surface area (Å²) in [5, 5.41) is 40.7. The molecule has 0 atom stereocenters. The Kier molecular flexibility index (Phi) is 3.93. The Morgan fingerprint density at radius 2 is 1.55 bits per heavy atom. The predicted molar refractivity (Wildman–Crippen MR) is 77.1 cm³/mol. The van der Waals surface area contributed by atoms with Gasteiger partial charge in [-0.2, -0.15) is 0 Å². The van der Waals surface area contributed by atoms with E-state index in [0.29, 0.717) is 16.7 Å². The molecule has 0 fully saturated rings. The van der Waals surface area contributed by atoms with E-state index in [1.54, 1.807) is 6.07 Å². The maximum atomic E-state index is 10.9. The van der Waals surface area contributed by atoms with E-state index in [4.69, 9.17) is 0 Å². The van der Waals surface area contributed by atoms with Crippen LogP contribution in [0.3, 0.4) is 0 Å². The van der Waals surface area contributed by atoms with E-state index in [9.17, 15) is 30.4 Å². The summed E-state index contributed by atoms with van der Waals surface area (Å²) >= 11 is 0. The van der Waals surface area contributed by atoms with Crippen molar-refractivity contribution in [2.24, 2.45) is 0 Å². The van der Waals surface area contributed by atoms with Gasteiger partial charge in [-0.15, -0.1) is 0 Å². The van der Waals surface area contributed by atoms with Gasteiger partial charge in [0.1, 0.15) is 0 Å². The van der Waals surface area contributed by atoms with Crippen molar-refractivity contribution in [1.29, 1.82) is 0 Å². The number of rotatable bonds is 4. The van der Waals surface area contributed by atoms with Crippen LogP contribution >= 0.6 is 0 Å². The van der Waals surface area contributed by atoms with E-state index < -0.39 is 32.7 Å². The maximum absolute atomic E-state index is 10.9. The van der Waals surface area contributed by atoms with Crippen LogP contribution < -0.4 is 0 Å². The molecule has 22 heavy (non-hydrogen) atoms. The van der Waals surface area contributed by atoms with E-state index in [2.05, 4.69) is 0 Å². The molecule has 0 aliphatic rings. The Labute approximate surface area is 124 Å². The molecule has 8 nitrogen and oxygen atoms in total. The maximum Gasteiger partial charge on any atom is 0.311 e. The molecule has 8 heteroatoms. The normalized spacial score (nSPS) is 10.4. The van der Waals surface area contributed by atoms with Gasteiger partial charge in [0.05, 0.1) is 9.85 Å². The molecular weight excluding hydrogens is 292 g/mol. The Hall–Kier alpha value is -3.16. The highest BCUT2D eigenvalue weighted by molar-refractivity contribution is 5.54. The molecule has 0 bridgehead atoms. The van der Waals surface area contributed by atoms with E-state index in [1.807, 2.05) is 0 Å². The van der Waals surface area contributed by atoms with Gasteiger partial charge in [0.15, 0.2) is 11.5 Å². The molecule has 0 unspecified atom stereocenters. The van der Waals surface area contributed by atoms with Crippen molar-refractivity contribution >= 4 is 11.4 Å². The van der Waals surface area contributed by atoms with Gasteiger partial charge in [-0.25, -0.2) is 0 Å². The monoisotopic (exact) mass is 304 g/mol. The zero-order valence-corrected chi connectivity index (χ0v) is 11.5. The summed E-state index contributed by atoms with van der Waals surface area (Å²) < 4.78 is 0. The first-order valence-corrected chi connectivity index (χ1v) is 6.22. The lowest BCUT2D eigenvalue weighted by Gasteiger charge is -2.06. The van der Waals surface area contributed by atoms with Crippen LogP contribution in [0.5, 0.6) is 11.5 Å². The molecule has 0 aliphatic heterocycles. The molecule has 0 aliphatic carbocycles. The molecule has 0 spiro atoms. The number of phenols is 2. The van der Waals surface area contributed by atoms with Gasteiger partial charge in [0.25, 0.3) is 0 Å². The van der Waals surface area contributed by atoms with Crippen molar-refractivity contribution in [1.82, 2.24) is 0 Å².